The summed E-state index contributed by atoms with van der Waals surface area (Å²) in [7, 11) is 0. The molecule has 0 spiro atoms. The van der Waals surface area contributed by atoms with E-state index < -0.39 is 0 Å². The molecule has 1 aromatic rings. The molecule has 2 N–H and O–H groups in total. The minimum atomic E-state index is 0.414. The van der Waals surface area contributed by atoms with Crippen molar-refractivity contribution in [3.8, 4) is 5.88 Å². The van der Waals surface area contributed by atoms with E-state index in [1.807, 2.05) is 6.07 Å². The fraction of sp³-hybridized carbons (Fsp3) is 0.545. The Bertz CT molecular complexity index is 321. The van der Waals surface area contributed by atoms with Crippen LogP contribution in [0.5, 0.6) is 5.88 Å². The van der Waals surface area contributed by atoms with Gasteiger partial charge >= 0.3 is 0 Å². The summed E-state index contributed by atoms with van der Waals surface area (Å²) in [4.78, 5) is 4.16. The van der Waals surface area contributed by atoms with Crippen molar-refractivity contribution in [3.05, 3.63) is 22.3 Å². The highest BCUT2D eigenvalue weighted by Crippen LogP contribution is 2.19. The average Bonchev–Trinajstić information content (AvgIpc) is 2.30. The summed E-state index contributed by atoms with van der Waals surface area (Å²) in [5, 5.41) is 0. The monoisotopic (exact) mass is 288 g/mol. The molecule has 4 nitrogen and oxygen atoms in total. The van der Waals surface area contributed by atoms with Gasteiger partial charge in [-0.05, 0) is 28.4 Å². The summed E-state index contributed by atoms with van der Waals surface area (Å²) >= 11 is 3.34. The molecule has 90 valence electrons. The molecule has 0 saturated heterocycles. The van der Waals surface area contributed by atoms with Gasteiger partial charge < -0.3 is 15.2 Å². The standard InChI is InChI=1S/C11H17BrN2O2/c1-2-3-15-4-5-16-11-9(7-13)6-10(12)8-14-11/h6,8H,2-5,7,13H2,1H3. The number of aromatic nitrogens is 1. The molecular weight excluding hydrogens is 272 g/mol. The van der Waals surface area contributed by atoms with Gasteiger partial charge in [0.1, 0.15) is 6.61 Å². The lowest BCUT2D eigenvalue weighted by Crippen LogP contribution is -2.10. The fourth-order valence-corrected chi connectivity index (χ4v) is 1.57. The van der Waals surface area contributed by atoms with Crippen LogP contribution >= 0.6 is 15.9 Å². The summed E-state index contributed by atoms with van der Waals surface area (Å²) < 4.78 is 11.7. The third kappa shape index (κ3) is 4.47. The van der Waals surface area contributed by atoms with Crippen molar-refractivity contribution in [1.29, 1.82) is 0 Å². The average molecular weight is 289 g/mol. The first-order valence-corrected chi connectivity index (χ1v) is 6.12. The molecule has 1 heterocycles. The van der Waals surface area contributed by atoms with Gasteiger partial charge in [0.2, 0.25) is 5.88 Å². The van der Waals surface area contributed by atoms with E-state index >= 15 is 0 Å². The van der Waals surface area contributed by atoms with Crippen LogP contribution in [0.2, 0.25) is 0 Å². The second-order valence-electron chi connectivity index (χ2n) is 3.28. The summed E-state index contributed by atoms with van der Waals surface area (Å²) in [6.07, 6.45) is 2.71. The summed E-state index contributed by atoms with van der Waals surface area (Å²) in [5.41, 5.74) is 6.49. The van der Waals surface area contributed by atoms with Gasteiger partial charge in [0.15, 0.2) is 0 Å². The first-order chi connectivity index (χ1) is 7.77. The Morgan fingerprint density at radius 2 is 2.19 bits per heavy atom. The van der Waals surface area contributed by atoms with Gasteiger partial charge in [-0.25, -0.2) is 4.98 Å². The quantitative estimate of drug-likeness (QED) is 0.781. The number of ether oxygens (including phenoxy) is 2. The number of rotatable bonds is 7. The molecule has 0 fully saturated rings. The maximum Gasteiger partial charge on any atom is 0.217 e. The van der Waals surface area contributed by atoms with Crippen molar-refractivity contribution in [1.82, 2.24) is 4.98 Å². The Kier molecular flexibility index (Phi) is 6.37. The van der Waals surface area contributed by atoms with Gasteiger partial charge in [0.05, 0.1) is 6.61 Å². The molecule has 0 aliphatic carbocycles. The van der Waals surface area contributed by atoms with Crippen LogP contribution in [-0.4, -0.2) is 24.8 Å². The number of pyridine rings is 1. The molecule has 1 aromatic heterocycles. The lowest BCUT2D eigenvalue weighted by atomic mass is 10.3. The normalized spacial score (nSPS) is 10.4. The SMILES string of the molecule is CCCOCCOc1ncc(Br)cc1CN. The largest absolute Gasteiger partial charge is 0.475 e. The molecule has 0 atom stereocenters. The van der Waals surface area contributed by atoms with E-state index in [1.54, 1.807) is 6.20 Å². The minimum absolute atomic E-state index is 0.414. The Hall–Kier alpha value is -0.650. The van der Waals surface area contributed by atoms with E-state index in [0.29, 0.717) is 25.6 Å². The molecule has 0 saturated carbocycles. The summed E-state index contributed by atoms with van der Waals surface area (Å²) in [6, 6.07) is 1.91. The maximum atomic E-state index is 5.60. The molecule has 0 radical (unpaired) electrons. The predicted octanol–water partition coefficient (Wildman–Crippen LogP) is 2.11. The molecule has 0 aliphatic rings. The second-order valence-corrected chi connectivity index (χ2v) is 4.20. The maximum absolute atomic E-state index is 5.60. The highest BCUT2D eigenvalue weighted by molar-refractivity contribution is 9.10. The number of nitrogens with zero attached hydrogens (tertiary/aromatic N) is 1. The third-order valence-electron chi connectivity index (χ3n) is 1.93. The van der Waals surface area contributed by atoms with Crippen LogP contribution < -0.4 is 10.5 Å². The number of nitrogens with two attached hydrogens (primary N) is 1. The molecule has 0 unspecified atom stereocenters. The van der Waals surface area contributed by atoms with Gasteiger partial charge in [0, 0.05) is 29.4 Å². The zero-order chi connectivity index (χ0) is 11.8. The van der Waals surface area contributed by atoms with Crippen molar-refractivity contribution >= 4 is 15.9 Å². The van der Waals surface area contributed by atoms with Crippen molar-refractivity contribution < 1.29 is 9.47 Å². The van der Waals surface area contributed by atoms with Crippen LogP contribution in [0.3, 0.4) is 0 Å². The Balaban J connectivity index is 2.41. The lowest BCUT2D eigenvalue weighted by molar-refractivity contribution is 0.0986. The van der Waals surface area contributed by atoms with E-state index in [9.17, 15) is 0 Å². The topological polar surface area (TPSA) is 57.4 Å². The molecule has 0 aliphatic heterocycles. The highest BCUT2D eigenvalue weighted by Gasteiger charge is 2.04. The van der Waals surface area contributed by atoms with Crippen LogP contribution in [0.25, 0.3) is 0 Å². The zero-order valence-corrected chi connectivity index (χ0v) is 11.0. The fourth-order valence-electron chi connectivity index (χ4n) is 1.19. The Morgan fingerprint density at radius 1 is 1.38 bits per heavy atom. The van der Waals surface area contributed by atoms with Gasteiger partial charge in [-0.1, -0.05) is 6.92 Å². The molecule has 0 aromatic carbocycles. The van der Waals surface area contributed by atoms with Gasteiger partial charge in [-0.3, -0.25) is 0 Å². The molecule has 0 bridgehead atoms. The number of halogens is 1. The van der Waals surface area contributed by atoms with Crippen molar-refractivity contribution in [3.63, 3.8) is 0 Å². The number of hydrogen-bond acceptors (Lipinski definition) is 4. The van der Waals surface area contributed by atoms with Gasteiger partial charge in [-0.15, -0.1) is 0 Å². The molecule has 16 heavy (non-hydrogen) atoms. The molecule has 1 rings (SSSR count). The van der Waals surface area contributed by atoms with E-state index in [2.05, 4.69) is 27.8 Å². The van der Waals surface area contributed by atoms with Gasteiger partial charge in [-0.2, -0.15) is 0 Å². The number of hydrogen-bond donors (Lipinski definition) is 1. The Labute approximate surface area is 104 Å². The van der Waals surface area contributed by atoms with Crippen molar-refractivity contribution in [2.24, 2.45) is 5.73 Å². The first-order valence-electron chi connectivity index (χ1n) is 5.33. The minimum Gasteiger partial charge on any atom is -0.475 e. The summed E-state index contributed by atoms with van der Waals surface area (Å²) in [5.74, 6) is 0.589. The van der Waals surface area contributed by atoms with E-state index in [1.165, 1.54) is 0 Å². The molecular formula is C11H17BrN2O2. The van der Waals surface area contributed by atoms with Crippen molar-refractivity contribution in [2.45, 2.75) is 19.9 Å². The van der Waals surface area contributed by atoms with Crippen molar-refractivity contribution in [2.75, 3.05) is 19.8 Å². The summed E-state index contributed by atoms with van der Waals surface area (Å²) in [6.45, 7) is 4.33. The first kappa shape index (κ1) is 13.4. The van der Waals surface area contributed by atoms with Gasteiger partial charge in [0.25, 0.3) is 0 Å². The van der Waals surface area contributed by atoms with Crippen LogP contribution in [-0.2, 0) is 11.3 Å². The Morgan fingerprint density at radius 3 is 2.88 bits per heavy atom. The van der Waals surface area contributed by atoms with Crippen LogP contribution in [0.1, 0.15) is 18.9 Å². The third-order valence-corrected chi connectivity index (χ3v) is 2.36. The highest BCUT2D eigenvalue weighted by atomic mass is 79.9. The second kappa shape index (κ2) is 7.60. The van der Waals surface area contributed by atoms with E-state index in [-0.39, 0.29) is 0 Å². The van der Waals surface area contributed by atoms with E-state index in [0.717, 1.165) is 23.1 Å². The lowest BCUT2D eigenvalue weighted by Gasteiger charge is -2.09. The smallest absolute Gasteiger partial charge is 0.217 e. The van der Waals surface area contributed by atoms with Crippen LogP contribution in [0.4, 0.5) is 0 Å². The van der Waals surface area contributed by atoms with E-state index in [4.69, 9.17) is 15.2 Å². The van der Waals surface area contributed by atoms with Crippen LogP contribution in [0.15, 0.2) is 16.7 Å². The zero-order valence-electron chi connectivity index (χ0n) is 9.41. The molecule has 5 heteroatoms. The molecule has 0 amide bonds. The van der Waals surface area contributed by atoms with Crippen LogP contribution in [0, 0.1) is 0 Å². The predicted molar refractivity (Wildman–Crippen MR) is 66.4 cm³/mol.